The van der Waals surface area contributed by atoms with E-state index in [2.05, 4.69) is 15.3 Å². The summed E-state index contributed by atoms with van der Waals surface area (Å²) < 4.78 is 1.88. The number of anilines is 1. The summed E-state index contributed by atoms with van der Waals surface area (Å²) in [6, 6.07) is 11.0. The lowest BCUT2D eigenvalue weighted by Gasteiger charge is -2.06. The smallest absolute Gasteiger partial charge is 0.256 e. The van der Waals surface area contributed by atoms with Crippen molar-refractivity contribution < 1.29 is 4.79 Å². The average Bonchev–Trinajstić information content (AvgIpc) is 3.04. The van der Waals surface area contributed by atoms with Gasteiger partial charge >= 0.3 is 0 Å². The Labute approximate surface area is 122 Å². The SMILES string of the molecule is Cc1ccc(NC(=O)c2ccc(-n3ccnc3)cc2)nc1. The molecule has 5 heteroatoms. The summed E-state index contributed by atoms with van der Waals surface area (Å²) in [6.07, 6.45) is 7.00. The molecule has 0 fully saturated rings. The maximum atomic E-state index is 12.1. The third-order valence-corrected chi connectivity index (χ3v) is 3.09. The highest BCUT2D eigenvalue weighted by Gasteiger charge is 2.07. The fourth-order valence-corrected chi connectivity index (χ4v) is 1.93. The first kappa shape index (κ1) is 13.1. The Morgan fingerprint density at radius 3 is 2.57 bits per heavy atom. The molecule has 104 valence electrons. The number of rotatable bonds is 3. The van der Waals surface area contributed by atoms with E-state index in [1.165, 1.54) is 0 Å². The lowest BCUT2D eigenvalue weighted by molar-refractivity contribution is 0.102. The van der Waals surface area contributed by atoms with Gasteiger partial charge in [0, 0.05) is 29.8 Å². The van der Waals surface area contributed by atoms with Crippen LogP contribution in [0.4, 0.5) is 5.82 Å². The average molecular weight is 278 g/mol. The summed E-state index contributed by atoms with van der Waals surface area (Å²) in [5.41, 5.74) is 2.59. The minimum atomic E-state index is -0.177. The summed E-state index contributed by atoms with van der Waals surface area (Å²) in [4.78, 5) is 20.3. The predicted octanol–water partition coefficient (Wildman–Crippen LogP) is 2.83. The zero-order chi connectivity index (χ0) is 14.7. The van der Waals surface area contributed by atoms with E-state index in [1.807, 2.05) is 35.9 Å². The molecule has 2 heterocycles. The van der Waals surface area contributed by atoms with Crippen molar-refractivity contribution in [2.75, 3.05) is 5.32 Å². The second-order valence-electron chi connectivity index (χ2n) is 4.69. The number of hydrogen-bond acceptors (Lipinski definition) is 3. The van der Waals surface area contributed by atoms with Crippen LogP contribution >= 0.6 is 0 Å². The lowest BCUT2D eigenvalue weighted by Crippen LogP contribution is -2.12. The Kier molecular flexibility index (Phi) is 3.47. The van der Waals surface area contributed by atoms with Gasteiger partial charge in [0.2, 0.25) is 0 Å². The van der Waals surface area contributed by atoms with Crippen LogP contribution in [-0.2, 0) is 0 Å². The standard InChI is InChI=1S/C16H14N4O/c1-12-2-7-15(18-10-12)19-16(21)13-3-5-14(6-4-13)20-9-8-17-11-20/h2-11H,1H3,(H,18,19,21). The number of pyridine rings is 1. The van der Waals surface area contributed by atoms with Crippen LogP contribution in [0.25, 0.3) is 5.69 Å². The van der Waals surface area contributed by atoms with Crippen LogP contribution in [0.5, 0.6) is 0 Å². The number of nitrogens with zero attached hydrogens (tertiary/aromatic N) is 3. The van der Waals surface area contributed by atoms with Gasteiger partial charge in [-0.15, -0.1) is 0 Å². The van der Waals surface area contributed by atoms with Gasteiger partial charge in [-0.05, 0) is 42.8 Å². The van der Waals surface area contributed by atoms with E-state index in [4.69, 9.17) is 0 Å². The Balaban J connectivity index is 1.74. The maximum absolute atomic E-state index is 12.1. The molecule has 0 aliphatic heterocycles. The number of aromatic nitrogens is 3. The molecule has 0 aliphatic carbocycles. The molecule has 5 nitrogen and oxygen atoms in total. The molecule has 0 bridgehead atoms. The molecule has 3 rings (SSSR count). The van der Waals surface area contributed by atoms with Crippen LogP contribution in [0.1, 0.15) is 15.9 Å². The molecule has 1 amide bonds. The minimum absolute atomic E-state index is 0.177. The highest BCUT2D eigenvalue weighted by molar-refractivity contribution is 6.03. The van der Waals surface area contributed by atoms with Crippen molar-refractivity contribution in [1.82, 2.24) is 14.5 Å². The van der Waals surface area contributed by atoms with Crippen LogP contribution in [0.2, 0.25) is 0 Å². The van der Waals surface area contributed by atoms with E-state index < -0.39 is 0 Å². The maximum Gasteiger partial charge on any atom is 0.256 e. The van der Waals surface area contributed by atoms with E-state index in [0.29, 0.717) is 11.4 Å². The normalized spacial score (nSPS) is 10.3. The van der Waals surface area contributed by atoms with Gasteiger partial charge in [0.15, 0.2) is 0 Å². The Morgan fingerprint density at radius 1 is 1.14 bits per heavy atom. The minimum Gasteiger partial charge on any atom is -0.307 e. The van der Waals surface area contributed by atoms with Crippen LogP contribution in [0, 0.1) is 6.92 Å². The Hall–Kier alpha value is -2.95. The first-order chi connectivity index (χ1) is 10.2. The zero-order valence-electron chi connectivity index (χ0n) is 11.5. The van der Waals surface area contributed by atoms with Gasteiger partial charge in [-0.1, -0.05) is 6.07 Å². The number of amides is 1. The fourth-order valence-electron chi connectivity index (χ4n) is 1.93. The van der Waals surface area contributed by atoms with E-state index >= 15 is 0 Å². The second-order valence-corrected chi connectivity index (χ2v) is 4.69. The summed E-state index contributed by atoms with van der Waals surface area (Å²) in [6.45, 7) is 1.95. The molecule has 0 saturated heterocycles. The van der Waals surface area contributed by atoms with E-state index in [1.54, 1.807) is 36.9 Å². The van der Waals surface area contributed by atoms with Crippen LogP contribution in [0.15, 0.2) is 61.3 Å². The molecule has 21 heavy (non-hydrogen) atoms. The van der Waals surface area contributed by atoms with Crippen molar-refractivity contribution in [3.05, 3.63) is 72.4 Å². The first-order valence-corrected chi connectivity index (χ1v) is 6.55. The molecule has 0 aliphatic rings. The molecule has 0 saturated carbocycles. The van der Waals surface area contributed by atoms with Gasteiger partial charge in [-0.2, -0.15) is 0 Å². The lowest BCUT2D eigenvalue weighted by atomic mass is 10.2. The highest BCUT2D eigenvalue weighted by Crippen LogP contribution is 2.11. The third-order valence-electron chi connectivity index (χ3n) is 3.09. The molecule has 1 N–H and O–H groups in total. The van der Waals surface area contributed by atoms with Crippen LogP contribution < -0.4 is 5.32 Å². The second kappa shape index (κ2) is 5.58. The molecule has 0 atom stereocenters. The molecule has 0 unspecified atom stereocenters. The molecule has 3 aromatic rings. The van der Waals surface area contributed by atoms with Crippen molar-refractivity contribution in [2.24, 2.45) is 0 Å². The molecule has 0 radical (unpaired) electrons. The molecule has 2 aromatic heterocycles. The number of carbonyl (C=O) groups excluding carboxylic acids is 1. The van der Waals surface area contributed by atoms with Crippen molar-refractivity contribution in [2.45, 2.75) is 6.92 Å². The van der Waals surface area contributed by atoms with Gasteiger partial charge in [0.1, 0.15) is 5.82 Å². The topological polar surface area (TPSA) is 59.8 Å². The van der Waals surface area contributed by atoms with Crippen LogP contribution in [0.3, 0.4) is 0 Å². The number of hydrogen-bond donors (Lipinski definition) is 1. The van der Waals surface area contributed by atoms with Crippen molar-refractivity contribution in [3.8, 4) is 5.69 Å². The predicted molar refractivity (Wildman–Crippen MR) is 80.5 cm³/mol. The summed E-state index contributed by atoms with van der Waals surface area (Å²) >= 11 is 0. The molecule has 1 aromatic carbocycles. The first-order valence-electron chi connectivity index (χ1n) is 6.55. The highest BCUT2D eigenvalue weighted by atomic mass is 16.1. The Bertz CT molecular complexity index is 731. The van der Waals surface area contributed by atoms with E-state index in [9.17, 15) is 4.79 Å². The summed E-state index contributed by atoms with van der Waals surface area (Å²) in [7, 11) is 0. The van der Waals surface area contributed by atoms with Crippen molar-refractivity contribution >= 4 is 11.7 Å². The zero-order valence-corrected chi connectivity index (χ0v) is 11.5. The largest absolute Gasteiger partial charge is 0.307 e. The molecular weight excluding hydrogens is 264 g/mol. The van der Waals surface area contributed by atoms with Crippen molar-refractivity contribution in [3.63, 3.8) is 0 Å². The number of aryl methyl sites for hydroxylation is 1. The summed E-state index contributed by atoms with van der Waals surface area (Å²) in [5, 5.41) is 2.77. The van der Waals surface area contributed by atoms with Crippen molar-refractivity contribution in [1.29, 1.82) is 0 Å². The number of imidazole rings is 1. The molecule has 0 spiro atoms. The van der Waals surface area contributed by atoms with Gasteiger partial charge < -0.3 is 9.88 Å². The number of benzene rings is 1. The van der Waals surface area contributed by atoms with E-state index in [-0.39, 0.29) is 5.91 Å². The quantitative estimate of drug-likeness (QED) is 0.801. The van der Waals surface area contributed by atoms with Gasteiger partial charge in [0.25, 0.3) is 5.91 Å². The fraction of sp³-hybridized carbons (Fsp3) is 0.0625. The van der Waals surface area contributed by atoms with Crippen LogP contribution in [-0.4, -0.2) is 20.4 Å². The number of nitrogens with one attached hydrogen (secondary N) is 1. The van der Waals surface area contributed by atoms with Gasteiger partial charge in [-0.3, -0.25) is 4.79 Å². The van der Waals surface area contributed by atoms with Gasteiger partial charge in [-0.25, -0.2) is 9.97 Å². The molecular formula is C16H14N4O. The summed E-state index contributed by atoms with van der Waals surface area (Å²) in [5.74, 6) is 0.368. The monoisotopic (exact) mass is 278 g/mol. The Morgan fingerprint density at radius 2 is 1.95 bits per heavy atom. The van der Waals surface area contributed by atoms with E-state index in [0.717, 1.165) is 11.3 Å². The number of carbonyl (C=O) groups is 1. The third kappa shape index (κ3) is 2.97. The van der Waals surface area contributed by atoms with Gasteiger partial charge in [0.05, 0.1) is 6.33 Å².